The van der Waals surface area contributed by atoms with E-state index in [2.05, 4.69) is 146 Å². The lowest BCUT2D eigenvalue weighted by Gasteiger charge is -2.36. The Bertz CT molecular complexity index is 2190. The first kappa shape index (κ1) is 28.6. The number of aromatic nitrogens is 2. The molecule has 0 aliphatic heterocycles. The highest BCUT2D eigenvalue weighted by Gasteiger charge is 2.44. The van der Waals surface area contributed by atoms with Crippen molar-refractivity contribution in [3.05, 3.63) is 169 Å². The lowest BCUT2D eigenvalue weighted by molar-refractivity contribution is 0.353. The number of hydrogen-bond donors (Lipinski definition) is 0. The van der Waals surface area contributed by atoms with Gasteiger partial charge in [0.15, 0.2) is 5.82 Å². The molecule has 0 atom stereocenters. The van der Waals surface area contributed by atoms with Crippen molar-refractivity contribution in [3.8, 4) is 67.3 Å². The predicted octanol–water partition coefficient (Wildman–Crippen LogP) is 12.0. The topological polar surface area (TPSA) is 25.8 Å². The molecule has 0 unspecified atom stereocenters. The quantitative estimate of drug-likeness (QED) is 0.192. The summed E-state index contributed by atoms with van der Waals surface area (Å²) in [5.74, 6) is 0.726. The monoisotopic (exact) mass is 616 g/mol. The van der Waals surface area contributed by atoms with E-state index in [4.69, 9.17) is 9.97 Å². The Kier molecular flexibility index (Phi) is 7.08. The molecule has 7 aromatic rings. The largest absolute Gasteiger partial charge is 0.228 e. The molecule has 1 aromatic heterocycles. The summed E-state index contributed by atoms with van der Waals surface area (Å²) in [5, 5.41) is 0. The standard InChI is InChI=1S/C46H36N2/c1-4-14-34(15-5-1)42-31-43(35-16-6-2-7-17-35)48-45(47-42)37-19-12-18-36(30-37)32-24-26-33(27-25-32)38-21-13-23-41-44(38)39-20-8-9-22-40(39)46(41)28-10-3-11-29-46/h1-2,4-9,12-27,30-31H,3,10-11,28-29H2. The van der Waals surface area contributed by atoms with Crippen LogP contribution in [0.2, 0.25) is 0 Å². The fourth-order valence-corrected chi connectivity index (χ4v) is 8.21. The summed E-state index contributed by atoms with van der Waals surface area (Å²) in [6, 6.07) is 56.7. The molecule has 2 nitrogen and oxygen atoms in total. The Morgan fingerprint density at radius 2 is 0.917 bits per heavy atom. The van der Waals surface area contributed by atoms with Gasteiger partial charge in [-0.1, -0.05) is 165 Å². The van der Waals surface area contributed by atoms with Gasteiger partial charge in [-0.15, -0.1) is 0 Å². The minimum atomic E-state index is 0.167. The second-order valence-electron chi connectivity index (χ2n) is 13.3. The van der Waals surface area contributed by atoms with Gasteiger partial charge < -0.3 is 0 Å². The predicted molar refractivity (Wildman–Crippen MR) is 199 cm³/mol. The number of fused-ring (bicyclic) bond motifs is 5. The molecule has 2 aliphatic carbocycles. The fourth-order valence-electron chi connectivity index (χ4n) is 8.21. The molecule has 1 spiro atoms. The van der Waals surface area contributed by atoms with Gasteiger partial charge in [-0.05, 0) is 69.5 Å². The maximum Gasteiger partial charge on any atom is 0.160 e. The zero-order valence-electron chi connectivity index (χ0n) is 26.9. The SMILES string of the molecule is c1ccc(-c2cc(-c3ccccc3)nc(-c3cccc(-c4ccc(-c5cccc6c5-c5ccccc5C65CCCCC5)cc4)c3)n2)cc1. The van der Waals surface area contributed by atoms with Gasteiger partial charge in [-0.25, -0.2) is 9.97 Å². The van der Waals surface area contributed by atoms with Crippen molar-refractivity contribution >= 4 is 0 Å². The molecule has 1 fully saturated rings. The van der Waals surface area contributed by atoms with E-state index in [-0.39, 0.29) is 5.41 Å². The summed E-state index contributed by atoms with van der Waals surface area (Å²) >= 11 is 0. The van der Waals surface area contributed by atoms with E-state index < -0.39 is 0 Å². The first-order chi connectivity index (χ1) is 23.8. The van der Waals surface area contributed by atoms with E-state index in [1.807, 2.05) is 12.1 Å². The van der Waals surface area contributed by atoms with Crippen LogP contribution in [0.15, 0.2) is 158 Å². The van der Waals surface area contributed by atoms with Gasteiger partial charge in [0.1, 0.15) is 0 Å². The molecule has 2 aliphatic rings. The molecule has 0 N–H and O–H groups in total. The van der Waals surface area contributed by atoms with Crippen molar-refractivity contribution < 1.29 is 0 Å². The highest BCUT2D eigenvalue weighted by Crippen LogP contribution is 2.57. The summed E-state index contributed by atoms with van der Waals surface area (Å²) in [6.07, 6.45) is 6.46. The van der Waals surface area contributed by atoms with E-state index in [0.717, 1.165) is 39.5 Å². The first-order valence-corrected chi connectivity index (χ1v) is 17.2. The minimum Gasteiger partial charge on any atom is -0.228 e. The second-order valence-corrected chi connectivity index (χ2v) is 13.3. The summed E-state index contributed by atoms with van der Waals surface area (Å²) < 4.78 is 0. The van der Waals surface area contributed by atoms with Crippen LogP contribution in [-0.2, 0) is 5.41 Å². The van der Waals surface area contributed by atoms with Gasteiger partial charge in [0.25, 0.3) is 0 Å². The van der Waals surface area contributed by atoms with Gasteiger partial charge >= 0.3 is 0 Å². The van der Waals surface area contributed by atoms with Crippen LogP contribution in [0.3, 0.4) is 0 Å². The highest BCUT2D eigenvalue weighted by molar-refractivity contribution is 5.93. The third-order valence-corrected chi connectivity index (χ3v) is 10.5. The Balaban J connectivity index is 1.09. The lowest BCUT2D eigenvalue weighted by atomic mass is 9.68. The van der Waals surface area contributed by atoms with Crippen LogP contribution in [-0.4, -0.2) is 9.97 Å². The fraction of sp³-hybridized carbons (Fsp3) is 0.130. The number of benzene rings is 6. The number of rotatable bonds is 5. The van der Waals surface area contributed by atoms with E-state index >= 15 is 0 Å². The van der Waals surface area contributed by atoms with Crippen LogP contribution in [0, 0.1) is 0 Å². The van der Waals surface area contributed by atoms with Crippen LogP contribution in [0.25, 0.3) is 67.3 Å². The zero-order chi connectivity index (χ0) is 31.9. The highest BCUT2D eigenvalue weighted by atomic mass is 14.9. The smallest absolute Gasteiger partial charge is 0.160 e. The van der Waals surface area contributed by atoms with Crippen molar-refractivity contribution in [1.29, 1.82) is 0 Å². The van der Waals surface area contributed by atoms with E-state index in [0.29, 0.717) is 0 Å². The minimum absolute atomic E-state index is 0.167. The van der Waals surface area contributed by atoms with Gasteiger partial charge in [-0.2, -0.15) is 0 Å². The molecule has 1 saturated carbocycles. The molecule has 0 saturated heterocycles. The molecule has 2 heteroatoms. The average Bonchev–Trinajstić information content (AvgIpc) is 3.44. The molecule has 6 aromatic carbocycles. The van der Waals surface area contributed by atoms with Crippen LogP contribution in [0.5, 0.6) is 0 Å². The normalized spacial score (nSPS) is 14.4. The summed E-state index contributed by atoms with van der Waals surface area (Å²) in [5.41, 5.74) is 16.0. The molecular weight excluding hydrogens is 581 g/mol. The first-order valence-electron chi connectivity index (χ1n) is 17.2. The average molecular weight is 617 g/mol. The second kappa shape index (κ2) is 11.9. The van der Waals surface area contributed by atoms with E-state index in [9.17, 15) is 0 Å². The van der Waals surface area contributed by atoms with Crippen LogP contribution in [0.1, 0.15) is 43.2 Å². The van der Waals surface area contributed by atoms with Crippen molar-refractivity contribution in [3.63, 3.8) is 0 Å². The van der Waals surface area contributed by atoms with Gasteiger partial charge in [0, 0.05) is 22.1 Å². The molecule has 48 heavy (non-hydrogen) atoms. The van der Waals surface area contributed by atoms with Crippen molar-refractivity contribution in [2.45, 2.75) is 37.5 Å². The number of nitrogens with zero attached hydrogens (tertiary/aromatic N) is 2. The summed E-state index contributed by atoms with van der Waals surface area (Å²) in [4.78, 5) is 10.1. The van der Waals surface area contributed by atoms with Gasteiger partial charge in [0.2, 0.25) is 0 Å². The van der Waals surface area contributed by atoms with Crippen molar-refractivity contribution in [2.75, 3.05) is 0 Å². The molecule has 0 bridgehead atoms. The van der Waals surface area contributed by atoms with E-state index in [1.165, 1.54) is 71.0 Å². The van der Waals surface area contributed by atoms with Crippen LogP contribution in [0.4, 0.5) is 0 Å². The van der Waals surface area contributed by atoms with Gasteiger partial charge in [-0.3, -0.25) is 0 Å². The Morgan fingerprint density at radius 3 is 1.62 bits per heavy atom. The van der Waals surface area contributed by atoms with Crippen molar-refractivity contribution in [2.24, 2.45) is 0 Å². The maximum atomic E-state index is 5.06. The Hall–Kier alpha value is -5.60. The lowest BCUT2D eigenvalue weighted by Crippen LogP contribution is -2.27. The van der Waals surface area contributed by atoms with Gasteiger partial charge in [0.05, 0.1) is 11.4 Å². The molecule has 0 amide bonds. The summed E-state index contributed by atoms with van der Waals surface area (Å²) in [7, 11) is 0. The van der Waals surface area contributed by atoms with Crippen molar-refractivity contribution in [1.82, 2.24) is 9.97 Å². The maximum absolute atomic E-state index is 5.06. The van der Waals surface area contributed by atoms with Crippen LogP contribution < -0.4 is 0 Å². The molecule has 9 rings (SSSR count). The Labute approximate surface area is 282 Å². The Morgan fingerprint density at radius 1 is 0.375 bits per heavy atom. The zero-order valence-corrected chi connectivity index (χ0v) is 26.9. The molecule has 0 radical (unpaired) electrons. The third-order valence-electron chi connectivity index (χ3n) is 10.5. The summed E-state index contributed by atoms with van der Waals surface area (Å²) in [6.45, 7) is 0. The number of hydrogen-bond acceptors (Lipinski definition) is 2. The molecule has 230 valence electrons. The molecular formula is C46H36N2. The molecule has 1 heterocycles. The third kappa shape index (κ3) is 4.88. The van der Waals surface area contributed by atoms with E-state index in [1.54, 1.807) is 0 Å². The van der Waals surface area contributed by atoms with Crippen LogP contribution >= 0.6 is 0 Å².